The van der Waals surface area contributed by atoms with Crippen LogP contribution in [0.25, 0.3) is 0 Å². The second kappa shape index (κ2) is 9.17. The third-order valence-corrected chi connectivity index (χ3v) is 0.577. The number of hydrogen-bond donors (Lipinski definition) is 4. The van der Waals surface area contributed by atoms with Crippen LogP contribution in [0.4, 0.5) is 0 Å². The Hall–Kier alpha value is 0.0800. The molecule has 0 saturated heterocycles. The quantitative estimate of drug-likeness (QED) is 0.323. The Balaban J connectivity index is 0. The monoisotopic (exact) mass is 220 g/mol. The highest BCUT2D eigenvalue weighted by molar-refractivity contribution is 8.11. The lowest BCUT2D eigenvalue weighted by Crippen LogP contribution is -2.21. The molecule has 0 aliphatic heterocycles. The van der Waals surface area contributed by atoms with E-state index >= 15 is 0 Å². The molecule has 0 bridgehead atoms. The molecule has 0 aromatic carbocycles. The summed E-state index contributed by atoms with van der Waals surface area (Å²) in [6, 6.07) is 0. The number of aliphatic hydroxyl groups is 2. The van der Waals surface area contributed by atoms with E-state index in [2.05, 4.69) is 21.1 Å². The van der Waals surface area contributed by atoms with E-state index in [1.54, 1.807) is 0 Å². The molecule has 0 aromatic rings. The number of hydrogen-bond acceptors (Lipinski definition) is 5. The summed E-state index contributed by atoms with van der Waals surface area (Å²) >= 11 is 0. The van der Waals surface area contributed by atoms with Crippen molar-refractivity contribution in [3.63, 3.8) is 0 Å². The minimum Gasteiger partial charge on any atom is -0.395 e. The molecular formula is C4H13ClN2O4S. The van der Waals surface area contributed by atoms with Crippen LogP contribution in [-0.4, -0.2) is 44.9 Å². The van der Waals surface area contributed by atoms with E-state index in [0.29, 0.717) is 13.1 Å². The van der Waals surface area contributed by atoms with Gasteiger partial charge in [-0.05, 0) is 0 Å². The molecule has 0 fully saturated rings. The number of rotatable bonds is 4. The first-order valence-corrected chi connectivity index (χ1v) is 5.44. The highest BCUT2D eigenvalue weighted by atomic mass is 35.7. The van der Waals surface area contributed by atoms with Crippen LogP contribution in [0.2, 0.25) is 0 Å². The lowest BCUT2D eigenvalue weighted by molar-refractivity contribution is 0.266. The fraction of sp³-hybridized carbons (Fsp3) is 1.00. The summed E-state index contributed by atoms with van der Waals surface area (Å²) in [6.45, 7) is 1.42. The van der Waals surface area contributed by atoms with Gasteiger partial charge >= 0.3 is 0 Å². The summed E-state index contributed by atoms with van der Waals surface area (Å²) in [5, 5.41) is 23.2. The van der Waals surface area contributed by atoms with E-state index in [4.69, 9.17) is 10.2 Å². The third kappa shape index (κ3) is 49.9. The molecule has 0 radical (unpaired) electrons. The maximum absolute atomic E-state index is 9.18. The molecule has 5 N–H and O–H groups in total. The lowest BCUT2D eigenvalue weighted by Gasteiger charge is -1.94. The van der Waals surface area contributed by atoms with E-state index in [1.807, 2.05) is 0 Å². The lowest BCUT2D eigenvalue weighted by atomic mass is 10.6. The summed E-state index contributed by atoms with van der Waals surface area (Å²) in [7, 11) is 0.586. The van der Waals surface area contributed by atoms with E-state index in [-0.39, 0.29) is 13.2 Å². The van der Waals surface area contributed by atoms with Gasteiger partial charge in [0, 0.05) is 23.8 Å². The molecule has 12 heavy (non-hydrogen) atoms. The summed E-state index contributed by atoms with van der Waals surface area (Å²) < 4.78 is 18.4. The second-order valence-corrected chi connectivity index (χ2v) is 3.91. The molecule has 0 heterocycles. The van der Waals surface area contributed by atoms with E-state index < -0.39 is 9.24 Å². The highest BCUT2D eigenvalue weighted by Crippen LogP contribution is 1.77. The smallest absolute Gasteiger partial charge is 0.294 e. The molecule has 8 heteroatoms. The molecule has 0 amide bonds. The zero-order chi connectivity index (χ0) is 10.0. The van der Waals surface area contributed by atoms with Crippen molar-refractivity contribution in [2.45, 2.75) is 0 Å². The van der Waals surface area contributed by atoms with Crippen molar-refractivity contribution in [1.29, 1.82) is 0 Å². The molecule has 0 spiro atoms. The summed E-state index contributed by atoms with van der Waals surface area (Å²) in [5.74, 6) is 0. The van der Waals surface area contributed by atoms with Crippen molar-refractivity contribution in [3.05, 3.63) is 0 Å². The van der Waals surface area contributed by atoms with Crippen LogP contribution in [0.15, 0.2) is 0 Å². The highest BCUT2D eigenvalue weighted by Gasteiger charge is 1.83. The normalized spacial score (nSPS) is 10.3. The van der Waals surface area contributed by atoms with Gasteiger partial charge in [-0.1, -0.05) is 0 Å². The van der Waals surface area contributed by atoms with Crippen LogP contribution in [0, 0.1) is 0 Å². The first kappa shape index (κ1) is 14.6. The largest absolute Gasteiger partial charge is 0.395 e. The van der Waals surface area contributed by atoms with Gasteiger partial charge < -0.3 is 15.5 Å². The Morgan fingerprint density at radius 1 is 1.25 bits per heavy atom. The van der Waals surface area contributed by atoms with Crippen LogP contribution in [0.3, 0.4) is 0 Å². The van der Waals surface area contributed by atoms with Crippen LogP contribution >= 0.6 is 10.7 Å². The molecule has 0 saturated carbocycles. The summed E-state index contributed by atoms with van der Waals surface area (Å²) in [4.78, 5) is 0. The molecule has 0 unspecified atom stereocenters. The average molecular weight is 221 g/mol. The number of halogens is 1. The Labute approximate surface area is 75.9 Å². The van der Waals surface area contributed by atoms with Crippen LogP contribution < -0.4 is 10.5 Å². The minimum absolute atomic E-state index is 0.139. The van der Waals surface area contributed by atoms with Crippen LogP contribution in [0.1, 0.15) is 0 Å². The fourth-order valence-corrected chi connectivity index (χ4v) is 0.283. The minimum atomic E-state index is -3.69. The Morgan fingerprint density at radius 2 is 1.50 bits per heavy atom. The second-order valence-electron chi connectivity index (χ2n) is 1.67. The van der Waals surface area contributed by atoms with Gasteiger partial charge in [-0.2, -0.15) is 8.42 Å². The molecule has 76 valence electrons. The SMILES string of the molecule is NS(=O)(=O)Cl.OCCNCCO. The topological polar surface area (TPSA) is 113 Å². The Bertz CT molecular complexity index is 160. The first-order chi connectivity index (χ1) is 5.41. The summed E-state index contributed by atoms with van der Waals surface area (Å²) in [5.41, 5.74) is 0. The molecule has 6 nitrogen and oxygen atoms in total. The van der Waals surface area contributed by atoms with Gasteiger partial charge in [-0.3, -0.25) is 0 Å². The van der Waals surface area contributed by atoms with Crippen molar-refractivity contribution in [1.82, 2.24) is 5.32 Å². The number of nitrogens with one attached hydrogen (secondary N) is 1. The van der Waals surface area contributed by atoms with Crippen LogP contribution in [-0.2, 0) is 9.24 Å². The zero-order valence-corrected chi connectivity index (χ0v) is 7.98. The van der Waals surface area contributed by atoms with Crippen molar-refractivity contribution < 1.29 is 18.6 Å². The average Bonchev–Trinajstić information content (AvgIpc) is 1.85. The van der Waals surface area contributed by atoms with Gasteiger partial charge in [0.25, 0.3) is 9.24 Å². The Morgan fingerprint density at radius 3 is 1.67 bits per heavy atom. The van der Waals surface area contributed by atoms with Gasteiger partial charge in [0.15, 0.2) is 0 Å². The van der Waals surface area contributed by atoms with Crippen molar-refractivity contribution in [2.24, 2.45) is 5.14 Å². The molecule has 0 aliphatic carbocycles. The van der Waals surface area contributed by atoms with E-state index in [9.17, 15) is 8.42 Å². The number of nitrogens with two attached hydrogens (primary N) is 1. The van der Waals surface area contributed by atoms with Gasteiger partial charge in [-0.25, -0.2) is 5.14 Å². The first-order valence-electron chi connectivity index (χ1n) is 3.06. The standard InChI is InChI=1S/C4H11NO2.ClH2NO2S/c6-3-1-5-2-4-7;1-5(2,3)4/h5-7H,1-4H2;(H2,2,3,4). The molecular weight excluding hydrogens is 208 g/mol. The maximum atomic E-state index is 9.18. The molecule has 0 rings (SSSR count). The third-order valence-electron chi connectivity index (χ3n) is 0.577. The number of aliphatic hydroxyl groups excluding tert-OH is 2. The van der Waals surface area contributed by atoms with E-state index in [0.717, 1.165) is 0 Å². The maximum Gasteiger partial charge on any atom is 0.294 e. The fourth-order valence-electron chi connectivity index (χ4n) is 0.283. The molecule has 0 aromatic heterocycles. The van der Waals surface area contributed by atoms with Crippen LogP contribution in [0.5, 0.6) is 0 Å². The van der Waals surface area contributed by atoms with Crippen molar-refractivity contribution in [2.75, 3.05) is 26.3 Å². The Kier molecular flexibility index (Phi) is 11.2. The predicted octanol–water partition coefficient (Wildman–Crippen LogP) is -2.01. The molecule has 0 atom stereocenters. The van der Waals surface area contributed by atoms with Gasteiger partial charge in [0.1, 0.15) is 0 Å². The van der Waals surface area contributed by atoms with Gasteiger partial charge in [0.2, 0.25) is 0 Å². The molecule has 0 aliphatic rings. The summed E-state index contributed by atoms with van der Waals surface area (Å²) in [6.07, 6.45) is 0. The zero-order valence-electron chi connectivity index (χ0n) is 6.40. The van der Waals surface area contributed by atoms with Gasteiger partial charge in [0.05, 0.1) is 13.2 Å². The van der Waals surface area contributed by atoms with Crippen molar-refractivity contribution in [3.8, 4) is 0 Å². The van der Waals surface area contributed by atoms with E-state index in [1.165, 1.54) is 0 Å². The van der Waals surface area contributed by atoms with Gasteiger partial charge in [-0.15, -0.1) is 0 Å². The van der Waals surface area contributed by atoms with Crippen molar-refractivity contribution >= 4 is 19.9 Å². The predicted molar refractivity (Wildman–Crippen MR) is 46.0 cm³/mol.